The van der Waals surface area contributed by atoms with Crippen LogP contribution in [0.3, 0.4) is 0 Å². The standard InChI is InChI=1S/C16H23N7O2S/c1-21-7-5-18-15(21)9-22(2)16-19-4-3-14(20-16)23-8-6-17-12-10-26(24,25)11-13(12)23/h3-5,7,12-13,17H,6,8-11H2,1-2H3/t12-,13+/m1/s1. The summed E-state index contributed by atoms with van der Waals surface area (Å²) in [5.41, 5.74) is 0. The van der Waals surface area contributed by atoms with Gasteiger partial charge in [-0.2, -0.15) is 4.98 Å². The minimum atomic E-state index is -3.00. The molecule has 2 aliphatic heterocycles. The van der Waals surface area contributed by atoms with Gasteiger partial charge < -0.3 is 19.7 Å². The summed E-state index contributed by atoms with van der Waals surface area (Å²) >= 11 is 0. The van der Waals surface area contributed by atoms with Gasteiger partial charge in [-0.1, -0.05) is 0 Å². The van der Waals surface area contributed by atoms with Crippen molar-refractivity contribution in [3.63, 3.8) is 0 Å². The maximum absolute atomic E-state index is 12.0. The van der Waals surface area contributed by atoms with Gasteiger partial charge in [0.25, 0.3) is 0 Å². The molecule has 0 amide bonds. The number of nitrogens with one attached hydrogen (secondary N) is 1. The lowest BCUT2D eigenvalue weighted by atomic mass is 10.1. The highest BCUT2D eigenvalue weighted by Crippen LogP contribution is 2.26. The van der Waals surface area contributed by atoms with Crippen molar-refractivity contribution in [2.45, 2.75) is 18.6 Å². The highest BCUT2D eigenvalue weighted by atomic mass is 32.2. The number of nitrogens with zero attached hydrogens (tertiary/aromatic N) is 6. The average Bonchev–Trinajstić information content (AvgIpc) is 3.15. The van der Waals surface area contributed by atoms with E-state index < -0.39 is 9.84 Å². The highest BCUT2D eigenvalue weighted by molar-refractivity contribution is 7.91. The SMILES string of the molecule is CN(Cc1nccn1C)c1nccc(N2CCN[C@@H]3CS(=O)(=O)C[C@@H]32)n1. The van der Waals surface area contributed by atoms with Crippen molar-refractivity contribution in [2.24, 2.45) is 7.05 Å². The lowest BCUT2D eigenvalue weighted by molar-refractivity contribution is 0.422. The van der Waals surface area contributed by atoms with Crippen molar-refractivity contribution in [1.29, 1.82) is 0 Å². The van der Waals surface area contributed by atoms with Crippen LogP contribution in [0.4, 0.5) is 11.8 Å². The first-order valence-corrected chi connectivity index (χ1v) is 10.5. The summed E-state index contributed by atoms with van der Waals surface area (Å²) in [7, 11) is 0.874. The summed E-state index contributed by atoms with van der Waals surface area (Å²) < 4.78 is 26.0. The number of hydrogen-bond donors (Lipinski definition) is 1. The Morgan fingerprint density at radius 2 is 2.15 bits per heavy atom. The number of sulfone groups is 1. The Morgan fingerprint density at radius 3 is 2.92 bits per heavy atom. The molecule has 9 nitrogen and oxygen atoms in total. The van der Waals surface area contributed by atoms with Crippen molar-refractivity contribution in [1.82, 2.24) is 24.8 Å². The number of aryl methyl sites for hydroxylation is 1. The number of hydrogen-bond acceptors (Lipinski definition) is 8. The highest BCUT2D eigenvalue weighted by Gasteiger charge is 2.43. The first-order valence-electron chi connectivity index (χ1n) is 8.64. The zero-order valence-electron chi connectivity index (χ0n) is 14.9. The largest absolute Gasteiger partial charge is 0.350 e. The van der Waals surface area contributed by atoms with E-state index in [0.29, 0.717) is 12.5 Å². The van der Waals surface area contributed by atoms with E-state index >= 15 is 0 Å². The topological polar surface area (TPSA) is 96.3 Å². The summed E-state index contributed by atoms with van der Waals surface area (Å²) in [6.45, 7) is 2.07. The van der Waals surface area contributed by atoms with E-state index in [1.165, 1.54) is 0 Å². The van der Waals surface area contributed by atoms with Gasteiger partial charge in [-0.15, -0.1) is 0 Å². The first kappa shape index (κ1) is 17.2. The zero-order valence-corrected chi connectivity index (χ0v) is 15.7. The Hall–Kier alpha value is -2.20. The molecule has 2 aromatic rings. The summed E-state index contributed by atoms with van der Waals surface area (Å²) in [5, 5.41) is 3.32. The molecular formula is C16H23N7O2S. The van der Waals surface area contributed by atoms with E-state index in [-0.39, 0.29) is 23.6 Å². The van der Waals surface area contributed by atoms with Crippen molar-refractivity contribution >= 4 is 21.6 Å². The van der Waals surface area contributed by atoms with Gasteiger partial charge in [-0.05, 0) is 6.07 Å². The number of imidazole rings is 1. The monoisotopic (exact) mass is 377 g/mol. The molecule has 26 heavy (non-hydrogen) atoms. The number of piperazine rings is 1. The van der Waals surface area contributed by atoms with E-state index in [1.807, 2.05) is 35.8 Å². The molecule has 140 valence electrons. The minimum Gasteiger partial charge on any atom is -0.350 e. The third-order valence-electron chi connectivity index (χ3n) is 5.05. The predicted octanol–water partition coefficient (Wildman–Crippen LogP) is -0.578. The lowest BCUT2D eigenvalue weighted by Crippen LogP contribution is -2.57. The minimum absolute atomic E-state index is 0.0301. The van der Waals surface area contributed by atoms with Crippen LogP contribution >= 0.6 is 0 Å². The lowest BCUT2D eigenvalue weighted by Gasteiger charge is -2.38. The number of rotatable bonds is 4. The Bertz CT molecular complexity index is 898. The van der Waals surface area contributed by atoms with Crippen LogP contribution in [-0.4, -0.2) is 71.7 Å². The molecule has 0 aromatic carbocycles. The second kappa shape index (κ2) is 6.51. The molecule has 0 saturated carbocycles. The van der Waals surface area contributed by atoms with Gasteiger partial charge in [0, 0.05) is 51.8 Å². The van der Waals surface area contributed by atoms with Crippen LogP contribution in [0.25, 0.3) is 0 Å². The molecular weight excluding hydrogens is 354 g/mol. The van der Waals surface area contributed by atoms with Crippen LogP contribution in [-0.2, 0) is 23.4 Å². The van der Waals surface area contributed by atoms with Crippen LogP contribution in [0.1, 0.15) is 5.82 Å². The third-order valence-corrected chi connectivity index (χ3v) is 6.76. The molecule has 0 radical (unpaired) electrons. The maximum Gasteiger partial charge on any atom is 0.227 e. The molecule has 2 fully saturated rings. The van der Waals surface area contributed by atoms with Crippen LogP contribution in [0.2, 0.25) is 0 Å². The number of anilines is 2. The molecule has 0 bridgehead atoms. The van der Waals surface area contributed by atoms with Crippen molar-refractivity contribution in [3.8, 4) is 0 Å². The molecule has 2 aromatic heterocycles. The van der Waals surface area contributed by atoms with Crippen LogP contribution in [0.15, 0.2) is 24.7 Å². The fourth-order valence-corrected chi connectivity index (χ4v) is 5.62. The van der Waals surface area contributed by atoms with Gasteiger partial charge in [-0.3, -0.25) is 0 Å². The Balaban J connectivity index is 1.56. The third kappa shape index (κ3) is 3.26. The van der Waals surface area contributed by atoms with Gasteiger partial charge >= 0.3 is 0 Å². The molecule has 0 aliphatic carbocycles. The average molecular weight is 377 g/mol. The van der Waals surface area contributed by atoms with Gasteiger partial charge in [0.15, 0.2) is 9.84 Å². The van der Waals surface area contributed by atoms with Crippen molar-refractivity contribution < 1.29 is 8.42 Å². The molecule has 1 N–H and O–H groups in total. The maximum atomic E-state index is 12.0. The molecule has 4 heterocycles. The number of fused-ring (bicyclic) bond motifs is 1. The normalized spacial score (nSPS) is 24.5. The Kier molecular flexibility index (Phi) is 4.31. The van der Waals surface area contributed by atoms with Gasteiger partial charge in [0.1, 0.15) is 11.6 Å². The van der Waals surface area contributed by atoms with E-state index in [1.54, 1.807) is 12.4 Å². The number of aromatic nitrogens is 4. The molecule has 0 spiro atoms. The van der Waals surface area contributed by atoms with Gasteiger partial charge in [-0.25, -0.2) is 18.4 Å². The summed E-state index contributed by atoms with van der Waals surface area (Å²) in [4.78, 5) is 17.4. The van der Waals surface area contributed by atoms with Gasteiger partial charge in [0.05, 0.1) is 24.1 Å². The quantitative estimate of drug-likeness (QED) is 0.756. The van der Waals surface area contributed by atoms with Gasteiger partial charge in [0.2, 0.25) is 5.95 Å². The fourth-order valence-electron chi connectivity index (χ4n) is 3.67. The molecule has 10 heteroatoms. The molecule has 2 atom stereocenters. The van der Waals surface area contributed by atoms with E-state index in [9.17, 15) is 8.42 Å². The molecule has 4 rings (SSSR count). The second-order valence-corrected chi connectivity index (χ2v) is 9.08. The van der Waals surface area contributed by atoms with Crippen LogP contribution in [0, 0.1) is 0 Å². The first-order chi connectivity index (χ1) is 12.4. The second-order valence-electron chi connectivity index (χ2n) is 6.92. The van der Waals surface area contributed by atoms with Crippen LogP contribution < -0.4 is 15.1 Å². The smallest absolute Gasteiger partial charge is 0.227 e. The summed E-state index contributed by atoms with van der Waals surface area (Å²) in [6.07, 6.45) is 5.40. The van der Waals surface area contributed by atoms with E-state index in [2.05, 4.69) is 20.2 Å². The summed E-state index contributed by atoms with van der Waals surface area (Å²) in [6, 6.07) is 1.75. The molecule has 2 saturated heterocycles. The zero-order chi connectivity index (χ0) is 18.3. The summed E-state index contributed by atoms with van der Waals surface area (Å²) in [5.74, 6) is 2.67. The Labute approximate surface area is 153 Å². The predicted molar refractivity (Wildman–Crippen MR) is 98.9 cm³/mol. The fraction of sp³-hybridized carbons (Fsp3) is 0.562. The van der Waals surface area contributed by atoms with Crippen LogP contribution in [0.5, 0.6) is 0 Å². The van der Waals surface area contributed by atoms with E-state index in [0.717, 1.165) is 24.7 Å². The molecule has 2 aliphatic rings. The van der Waals surface area contributed by atoms with Crippen molar-refractivity contribution in [2.75, 3.05) is 41.4 Å². The van der Waals surface area contributed by atoms with Crippen molar-refractivity contribution in [3.05, 3.63) is 30.5 Å². The molecule has 0 unspecified atom stereocenters. The Morgan fingerprint density at radius 1 is 1.31 bits per heavy atom. The van der Waals surface area contributed by atoms with E-state index in [4.69, 9.17) is 4.98 Å².